The van der Waals surface area contributed by atoms with E-state index < -0.39 is 10.0 Å². The lowest BCUT2D eigenvalue weighted by Crippen LogP contribution is -2.28. The third-order valence-corrected chi connectivity index (χ3v) is 6.11. The highest BCUT2D eigenvalue weighted by atomic mass is 32.2. The molecule has 0 amide bonds. The van der Waals surface area contributed by atoms with E-state index in [2.05, 4.69) is 37.5 Å². The molecule has 0 bridgehead atoms. The molecule has 2 heterocycles. The summed E-state index contributed by atoms with van der Waals surface area (Å²) in [6.45, 7) is 2.00. The van der Waals surface area contributed by atoms with E-state index in [0.29, 0.717) is 24.9 Å². The van der Waals surface area contributed by atoms with Crippen LogP contribution in [-0.2, 0) is 29.4 Å². The van der Waals surface area contributed by atoms with Crippen molar-refractivity contribution in [1.82, 2.24) is 15.3 Å². The standard InChI is InChI=1S/C21H23N5O2S/c27-29(28,17-9-5-2-6-10-17)26-20-18-15-22-13-12-19(18)24-21(25-20)23-14-11-16-7-3-1-4-8-16/h1-10,22H,11-15H2,(H2,23,24,25,26). The number of nitrogens with one attached hydrogen (secondary N) is 3. The highest BCUT2D eigenvalue weighted by Gasteiger charge is 2.22. The van der Waals surface area contributed by atoms with Gasteiger partial charge in [-0.1, -0.05) is 48.5 Å². The summed E-state index contributed by atoms with van der Waals surface area (Å²) in [5.41, 5.74) is 2.88. The molecule has 1 aliphatic rings. The van der Waals surface area contributed by atoms with Gasteiger partial charge in [-0.2, -0.15) is 4.98 Å². The highest BCUT2D eigenvalue weighted by Crippen LogP contribution is 2.24. The van der Waals surface area contributed by atoms with Crippen LogP contribution in [0.4, 0.5) is 11.8 Å². The predicted octanol–water partition coefficient (Wildman–Crippen LogP) is 2.58. The number of hydrogen-bond acceptors (Lipinski definition) is 6. The Bertz CT molecular complexity index is 1070. The third kappa shape index (κ3) is 4.72. The number of anilines is 2. The second kappa shape index (κ2) is 8.59. The minimum Gasteiger partial charge on any atom is -0.354 e. The molecule has 0 unspecified atom stereocenters. The smallest absolute Gasteiger partial charge is 0.263 e. The van der Waals surface area contributed by atoms with Crippen LogP contribution < -0.4 is 15.4 Å². The van der Waals surface area contributed by atoms with Crippen LogP contribution in [0.2, 0.25) is 0 Å². The van der Waals surface area contributed by atoms with Crippen LogP contribution in [0.5, 0.6) is 0 Å². The molecule has 3 aromatic rings. The Morgan fingerprint density at radius 2 is 1.69 bits per heavy atom. The second-order valence-electron chi connectivity index (χ2n) is 6.83. The minimum atomic E-state index is -3.72. The Morgan fingerprint density at radius 3 is 2.45 bits per heavy atom. The van der Waals surface area contributed by atoms with Crippen molar-refractivity contribution < 1.29 is 8.42 Å². The molecule has 0 radical (unpaired) electrons. The fourth-order valence-electron chi connectivity index (χ4n) is 3.26. The van der Waals surface area contributed by atoms with E-state index in [0.717, 1.165) is 30.6 Å². The van der Waals surface area contributed by atoms with Gasteiger partial charge in [-0.3, -0.25) is 4.72 Å². The lowest BCUT2D eigenvalue weighted by molar-refractivity contribution is 0.600. The number of benzene rings is 2. The molecular formula is C21H23N5O2S. The van der Waals surface area contributed by atoms with Crippen molar-refractivity contribution in [3.8, 4) is 0 Å². The molecule has 4 rings (SSSR count). The summed E-state index contributed by atoms with van der Waals surface area (Å²) in [4.78, 5) is 9.29. The quantitative estimate of drug-likeness (QED) is 0.555. The van der Waals surface area contributed by atoms with Crippen LogP contribution in [0, 0.1) is 0 Å². The summed E-state index contributed by atoms with van der Waals surface area (Å²) in [5.74, 6) is 0.764. The van der Waals surface area contributed by atoms with Gasteiger partial charge in [0.15, 0.2) is 0 Å². The molecule has 0 saturated heterocycles. The van der Waals surface area contributed by atoms with Gasteiger partial charge in [-0.05, 0) is 24.1 Å². The number of aromatic nitrogens is 2. The number of rotatable bonds is 7. The maximum atomic E-state index is 12.8. The van der Waals surface area contributed by atoms with Crippen LogP contribution >= 0.6 is 0 Å². The molecule has 0 aliphatic carbocycles. The van der Waals surface area contributed by atoms with Gasteiger partial charge >= 0.3 is 0 Å². The average molecular weight is 410 g/mol. The molecule has 0 saturated carbocycles. The van der Waals surface area contributed by atoms with Gasteiger partial charge in [0.05, 0.1) is 10.6 Å². The zero-order valence-corrected chi connectivity index (χ0v) is 16.7. The summed E-state index contributed by atoms with van der Waals surface area (Å²) in [6, 6.07) is 18.4. The summed E-state index contributed by atoms with van der Waals surface area (Å²) in [7, 11) is -3.72. The minimum absolute atomic E-state index is 0.203. The molecule has 29 heavy (non-hydrogen) atoms. The lowest BCUT2D eigenvalue weighted by Gasteiger charge is -2.21. The number of fused-ring (bicyclic) bond motifs is 1. The van der Waals surface area contributed by atoms with Crippen molar-refractivity contribution in [2.24, 2.45) is 0 Å². The van der Waals surface area contributed by atoms with E-state index in [1.54, 1.807) is 30.3 Å². The Balaban J connectivity index is 1.56. The largest absolute Gasteiger partial charge is 0.354 e. The highest BCUT2D eigenvalue weighted by molar-refractivity contribution is 7.92. The first kappa shape index (κ1) is 19.4. The Hall–Kier alpha value is -2.97. The normalized spacial score (nSPS) is 13.5. The summed E-state index contributed by atoms with van der Waals surface area (Å²) in [6.07, 6.45) is 1.55. The molecule has 8 heteroatoms. The van der Waals surface area contributed by atoms with Gasteiger partial charge in [0, 0.05) is 31.6 Å². The van der Waals surface area contributed by atoms with Crippen molar-refractivity contribution >= 4 is 21.8 Å². The average Bonchev–Trinajstić information content (AvgIpc) is 2.75. The fourth-order valence-corrected chi connectivity index (χ4v) is 4.31. The van der Waals surface area contributed by atoms with Crippen LogP contribution in [0.1, 0.15) is 16.8 Å². The molecule has 1 aliphatic heterocycles. The van der Waals surface area contributed by atoms with E-state index in [9.17, 15) is 8.42 Å². The van der Waals surface area contributed by atoms with Crippen molar-refractivity contribution in [2.75, 3.05) is 23.1 Å². The summed E-state index contributed by atoms with van der Waals surface area (Å²) >= 11 is 0. The van der Waals surface area contributed by atoms with Gasteiger partial charge in [0.2, 0.25) is 5.95 Å². The summed E-state index contributed by atoms with van der Waals surface area (Å²) < 4.78 is 28.2. The van der Waals surface area contributed by atoms with Gasteiger partial charge in [0.25, 0.3) is 10.0 Å². The fraction of sp³-hybridized carbons (Fsp3) is 0.238. The molecule has 150 valence electrons. The molecule has 0 spiro atoms. The first-order chi connectivity index (χ1) is 14.1. The van der Waals surface area contributed by atoms with Crippen LogP contribution in [0.25, 0.3) is 0 Å². The Morgan fingerprint density at radius 1 is 0.966 bits per heavy atom. The van der Waals surface area contributed by atoms with Gasteiger partial charge < -0.3 is 10.6 Å². The van der Waals surface area contributed by atoms with Crippen molar-refractivity contribution in [1.29, 1.82) is 0 Å². The predicted molar refractivity (Wildman–Crippen MR) is 113 cm³/mol. The second-order valence-corrected chi connectivity index (χ2v) is 8.51. The zero-order valence-electron chi connectivity index (χ0n) is 15.9. The first-order valence-corrected chi connectivity index (χ1v) is 11.1. The first-order valence-electron chi connectivity index (χ1n) is 9.58. The topological polar surface area (TPSA) is 96.0 Å². The Kier molecular flexibility index (Phi) is 5.73. The van der Waals surface area contributed by atoms with Gasteiger partial charge in [0.1, 0.15) is 5.82 Å². The van der Waals surface area contributed by atoms with Crippen molar-refractivity contribution in [3.05, 3.63) is 77.5 Å². The van der Waals surface area contributed by atoms with Crippen molar-refractivity contribution in [3.63, 3.8) is 0 Å². The maximum Gasteiger partial charge on any atom is 0.263 e. The molecule has 2 aromatic carbocycles. The SMILES string of the molecule is O=S(=O)(Nc1nc(NCCc2ccccc2)nc2c1CNCC2)c1ccccc1. The monoisotopic (exact) mass is 409 g/mol. The third-order valence-electron chi connectivity index (χ3n) is 4.76. The molecule has 0 fully saturated rings. The molecule has 7 nitrogen and oxygen atoms in total. The van der Waals surface area contributed by atoms with Gasteiger partial charge in [-0.15, -0.1) is 0 Å². The number of sulfonamides is 1. The molecule has 1 aromatic heterocycles. The van der Waals surface area contributed by atoms with Gasteiger partial charge in [-0.25, -0.2) is 13.4 Å². The Labute approximate surface area is 170 Å². The summed E-state index contributed by atoms with van der Waals surface area (Å²) in [5, 5.41) is 6.49. The maximum absolute atomic E-state index is 12.8. The van der Waals surface area contributed by atoms with E-state index in [1.807, 2.05) is 18.2 Å². The number of nitrogens with zero attached hydrogens (tertiary/aromatic N) is 2. The number of hydrogen-bond donors (Lipinski definition) is 3. The van der Waals surface area contributed by atoms with E-state index >= 15 is 0 Å². The molecule has 0 atom stereocenters. The van der Waals surface area contributed by atoms with Crippen molar-refractivity contribution in [2.45, 2.75) is 24.3 Å². The van der Waals surface area contributed by atoms with Crippen LogP contribution in [0.15, 0.2) is 65.6 Å². The zero-order chi connectivity index (χ0) is 20.1. The van der Waals surface area contributed by atoms with Crippen LogP contribution in [0.3, 0.4) is 0 Å². The van der Waals surface area contributed by atoms with E-state index in [4.69, 9.17) is 0 Å². The van der Waals surface area contributed by atoms with Crippen LogP contribution in [-0.4, -0.2) is 31.5 Å². The molecular weight excluding hydrogens is 386 g/mol. The molecule has 3 N–H and O–H groups in total. The lowest BCUT2D eigenvalue weighted by atomic mass is 10.1. The van der Waals surface area contributed by atoms with E-state index in [1.165, 1.54) is 5.56 Å². The van der Waals surface area contributed by atoms with E-state index in [-0.39, 0.29) is 4.90 Å².